The molecule has 0 bridgehead atoms. The minimum Gasteiger partial charge on any atom is -0.460 e. The van der Waals surface area contributed by atoms with E-state index in [0.29, 0.717) is 22.2 Å². The van der Waals surface area contributed by atoms with Gasteiger partial charge in [0.2, 0.25) is 5.84 Å². The number of rotatable bonds is 7. The molecular formula is C39H32ClN7O4. The summed E-state index contributed by atoms with van der Waals surface area (Å²) in [4.78, 5) is 29.3. The molecule has 12 heteroatoms. The van der Waals surface area contributed by atoms with E-state index in [9.17, 15) is 14.9 Å². The minimum atomic E-state index is -1.11. The fourth-order valence-electron chi connectivity index (χ4n) is 7.43. The van der Waals surface area contributed by atoms with E-state index < -0.39 is 22.2 Å². The third-order valence-electron chi connectivity index (χ3n) is 9.52. The van der Waals surface area contributed by atoms with Crippen molar-refractivity contribution in [1.82, 2.24) is 0 Å². The third-order valence-corrected chi connectivity index (χ3v) is 9.77. The van der Waals surface area contributed by atoms with Gasteiger partial charge in [0, 0.05) is 34.7 Å². The number of nitro benzene ring substituents is 1. The number of para-hydroxylation sites is 3. The molecule has 5 aromatic carbocycles. The highest BCUT2D eigenvalue weighted by Crippen LogP contribution is 2.57. The maximum atomic E-state index is 13.9. The lowest BCUT2D eigenvalue weighted by molar-refractivity contribution is -0.384. The van der Waals surface area contributed by atoms with Crippen molar-refractivity contribution < 1.29 is 14.5 Å². The summed E-state index contributed by atoms with van der Waals surface area (Å²) in [5, 5.41) is 26.5. The molecule has 0 aliphatic carbocycles. The van der Waals surface area contributed by atoms with Crippen LogP contribution in [0, 0.1) is 10.1 Å². The van der Waals surface area contributed by atoms with Crippen molar-refractivity contribution in [3.05, 3.63) is 160 Å². The number of carbonyl (C=O) groups is 1. The zero-order valence-electron chi connectivity index (χ0n) is 27.8. The summed E-state index contributed by atoms with van der Waals surface area (Å²) >= 11 is 6.40. The second kappa shape index (κ2) is 12.3. The first-order chi connectivity index (χ1) is 24.8. The molecule has 0 N–H and O–H groups in total. The van der Waals surface area contributed by atoms with Gasteiger partial charge in [0.1, 0.15) is 5.66 Å². The number of nitrogens with zero attached hydrogens (tertiary/aromatic N) is 7. The molecule has 11 nitrogen and oxygen atoms in total. The normalized spacial score (nSPS) is 20.5. The van der Waals surface area contributed by atoms with E-state index in [1.807, 2.05) is 114 Å². The fourth-order valence-corrected chi connectivity index (χ4v) is 7.56. The molecule has 0 spiro atoms. The molecular weight excluding hydrogens is 666 g/mol. The van der Waals surface area contributed by atoms with Crippen molar-refractivity contribution in [3.63, 3.8) is 0 Å². The highest BCUT2D eigenvalue weighted by Gasteiger charge is 2.63. The van der Waals surface area contributed by atoms with Crippen molar-refractivity contribution in [2.45, 2.75) is 31.6 Å². The largest absolute Gasteiger partial charge is 0.460 e. The maximum absolute atomic E-state index is 13.9. The van der Waals surface area contributed by atoms with Crippen LogP contribution in [0.25, 0.3) is 0 Å². The number of anilines is 4. The Balaban J connectivity index is 1.46. The molecule has 254 valence electrons. The molecule has 3 heterocycles. The van der Waals surface area contributed by atoms with Gasteiger partial charge in [0.15, 0.2) is 11.5 Å². The van der Waals surface area contributed by atoms with Gasteiger partial charge in [0.05, 0.1) is 34.3 Å². The van der Waals surface area contributed by atoms with Crippen LogP contribution in [0.15, 0.2) is 144 Å². The van der Waals surface area contributed by atoms with Gasteiger partial charge in [-0.25, -0.2) is 14.8 Å². The Morgan fingerprint density at radius 3 is 2.00 bits per heavy atom. The molecule has 51 heavy (non-hydrogen) atoms. The number of fused-ring (bicyclic) bond motifs is 5. The van der Waals surface area contributed by atoms with Crippen LogP contribution < -0.4 is 19.8 Å². The van der Waals surface area contributed by atoms with Crippen LogP contribution in [0.5, 0.6) is 0 Å². The van der Waals surface area contributed by atoms with E-state index in [1.54, 1.807) is 24.1 Å². The second-order valence-corrected chi connectivity index (χ2v) is 13.0. The Morgan fingerprint density at radius 1 is 0.784 bits per heavy atom. The molecule has 3 aliphatic heterocycles. The van der Waals surface area contributed by atoms with E-state index in [0.717, 1.165) is 22.5 Å². The number of non-ortho nitro benzene ring substituents is 1. The number of benzene rings is 5. The van der Waals surface area contributed by atoms with Crippen LogP contribution in [0.3, 0.4) is 0 Å². The molecule has 0 saturated heterocycles. The molecule has 2 unspecified atom stereocenters. The standard InChI is InChI=1S/C39H32ClN7O4/c1-3-51-37(48)36-42-45(31-22-24-32(25-23-31)47(49)50)38(2)26-39(28-12-6-4-7-13-28)44(34-17-11-10-16-33(34)43(36)38)35(27-18-20-29(40)21-19-27)41-46(39)30-14-8-5-9-15-30/h4-25H,3,26H2,1-2H3. The van der Waals surface area contributed by atoms with Crippen molar-refractivity contribution in [3.8, 4) is 0 Å². The monoisotopic (exact) mass is 697 g/mol. The van der Waals surface area contributed by atoms with Crippen molar-refractivity contribution >= 4 is 57.7 Å². The lowest BCUT2D eigenvalue weighted by Crippen LogP contribution is -2.62. The second-order valence-electron chi connectivity index (χ2n) is 12.5. The first kappa shape index (κ1) is 32.0. The molecule has 0 amide bonds. The Labute approximate surface area is 299 Å². The highest BCUT2D eigenvalue weighted by molar-refractivity contribution is 6.43. The predicted molar refractivity (Wildman–Crippen MR) is 199 cm³/mol. The topological polar surface area (TPSA) is 107 Å². The minimum absolute atomic E-state index is 0.0558. The summed E-state index contributed by atoms with van der Waals surface area (Å²) in [7, 11) is 0. The molecule has 0 aromatic heterocycles. The average molecular weight is 698 g/mol. The summed E-state index contributed by atoms with van der Waals surface area (Å²) < 4.78 is 5.62. The number of carbonyl (C=O) groups excluding carboxylic acids is 1. The number of esters is 1. The summed E-state index contributed by atoms with van der Waals surface area (Å²) in [6.45, 7) is 3.93. The first-order valence-corrected chi connectivity index (χ1v) is 16.9. The van der Waals surface area contributed by atoms with Crippen LogP contribution in [-0.2, 0) is 15.2 Å². The number of halogens is 1. The molecule has 3 aliphatic rings. The molecule has 0 radical (unpaired) electrons. The van der Waals surface area contributed by atoms with Crippen LogP contribution >= 0.6 is 11.6 Å². The lowest BCUT2D eigenvalue weighted by Gasteiger charge is -2.49. The smallest absolute Gasteiger partial charge is 0.376 e. The van der Waals surface area contributed by atoms with E-state index in [-0.39, 0.29) is 24.6 Å². The van der Waals surface area contributed by atoms with Gasteiger partial charge in [-0.1, -0.05) is 72.3 Å². The van der Waals surface area contributed by atoms with E-state index in [1.165, 1.54) is 12.1 Å². The number of hydrazone groups is 2. The van der Waals surface area contributed by atoms with Crippen molar-refractivity contribution in [1.29, 1.82) is 0 Å². The van der Waals surface area contributed by atoms with Gasteiger partial charge in [-0.05, 0) is 74.5 Å². The summed E-state index contributed by atoms with van der Waals surface area (Å²) in [5.74, 6) is 0.171. The van der Waals surface area contributed by atoms with Crippen LogP contribution in [0.2, 0.25) is 5.02 Å². The van der Waals surface area contributed by atoms with Crippen LogP contribution in [-0.4, -0.2) is 34.8 Å². The maximum Gasteiger partial charge on any atom is 0.376 e. The lowest BCUT2D eigenvalue weighted by atomic mass is 9.85. The molecule has 2 atom stereocenters. The van der Waals surface area contributed by atoms with E-state index in [4.69, 9.17) is 26.5 Å². The number of ether oxygens (including phenoxy) is 1. The third kappa shape index (κ3) is 4.99. The van der Waals surface area contributed by atoms with E-state index >= 15 is 0 Å². The summed E-state index contributed by atoms with van der Waals surface area (Å²) in [6.07, 6.45) is 0.289. The summed E-state index contributed by atoms with van der Waals surface area (Å²) in [5.41, 5.74) is 2.43. The highest BCUT2D eigenvalue weighted by atomic mass is 35.5. The number of nitro groups is 1. The molecule has 5 aromatic rings. The van der Waals surface area contributed by atoms with Gasteiger partial charge in [-0.2, -0.15) is 5.10 Å². The van der Waals surface area contributed by atoms with E-state index in [2.05, 4.69) is 17.0 Å². The molecule has 0 fully saturated rings. The zero-order valence-corrected chi connectivity index (χ0v) is 28.5. The number of hydrogen-bond acceptors (Lipinski definition) is 10. The number of amidine groups is 2. The van der Waals surface area contributed by atoms with Crippen LogP contribution in [0.4, 0.5) is 28.4 Å². The molecule has 0 saturated carbocycles. The van der Waals surface area contributed by atoms with Crippen LogP contribution in [0.1, 0.15) is 31.4 Å². The fraction of sp³-hybridized carbons (Fsp3) is 0.154. The van der Waals surface area contributed by atoms with Crippen molar-refractivity contribution in [2.75, 3.05) is 26.4 Å². The molecule has 8 rings (SSSR count). The van der Waals surface area contributed by atoms with Gasteiger partial charge >= 0.3 is 5.97 Å². The Bertz CT molecular complexity index is 2200. The Morgan fingerprint density at radius 2 is 1.37 bits per heavy atom. The Hall–Kier alpha value is -6.20. The zero-order chi connectivity index (χ0) is 35.3. The van der Waals surface area contributed by atoms with Gasteiger partial charge in [-0.3, -0.25) is 19.9 Å². The predicted octanol–water partition coefficient (Wildman–Crippen LogP) is 8.11. The quantitative estimate of drug-likeness (QED) is 0.0954. The van der Waals surface area contributed by atoms with Crippen molar-refractivity contribution in [2.24, 2.45) is 10.2 Å². The average Bonchev–Trinajstić information content (AvgIpc) is 3.62. The first-order valence-electron chi connectivity index (χ1n) is 16.5. The Kier molecular flexibility index (Phi) is 7.72. The SMILES string of the molecule is CCOC(=O)C1=NN(c2ccc([N+](=O)[O-])cc2)C2(C)CC3(c4ccccc4)N(c4ccccc4)N=C(c4ccc(Cl)cc4)N3c3ccccc3N12. The van der Waals surface area contributed by atoms with Gasteiger partial charge < -0.3 is 4.74 Å². The number of hydrogen-bond donors (Lipinski definition) is 0. The van der Waals surface area contributed by atoms with Gasteiger partial charge in [-0.15, -0.1) is 5.10 Å². The van der Waals surface area contributed by atoms with Gasteiger partial charge in [0.25, 0.3) is 5.69 Å². The summed E-state index contributed by atoms with van der Waals surface area (Å²) in [6, 6.07) is 41.8.